The van der Waals surface area contributed by atoms with E-state index in [4.69, 9.17) is 0 Å². The van der Waals surface area contributed by atoms with Gasteiger partial charge in [0.05, 0.1) is 17.9 Å². The van der Waals surface area contributed by atoms with Crippen LogP contribution < -0.4 is 0 Å². The second-order valence-corrected chi connectivity index (χ2v) is 8.94. The van der Waals surface area contributed by atoms with Crippen molar-refractivity contribution in [3.8, 4) is 0 Å². The molecule has 26 heavy (non-hydrogen) atoms. The maximum Gasteiger partial charge on any atom is 0.0543 e. The first-order valence-corrected chi connectivity index (χ1v) is 9.65. The van der Waals surface area contributed by atoms with Crippen LogP contribution in [0.15, 0.2) is 24.8 Å². The lowest BCUT2D eigenvalue weighted by molar-refractivity contribution is 0.0925. The average Bonchev–Trinajstić information content (AvgIpc) is 3.16. The van der Waals surface area contributed by atoms with E-state index in [-0.39, 0.29) is 5.54 Å². The molecule has 6 nitrogen and oxygen atoms in total. The van der Waals surface area contributed by atoms with E-state index in [9.17, 15) is 0 Å². The van der Waals surface area contributed by atoms with Crippen LogP contribution in [-0.2, 0) is 19.1 Å². The molecule has 0 aliphatic carbocycles. The van der Waals surface area contributed by atoms with E-state index in [1.165, 1.54) is 24.0 Å². The van der Waals surface area contributed by atoms with Gasteiger partial charge in [-0.2, -0.15) is 10.2 Å². The smallest absolute Gasteiger partial charge is 0.0543 e. The first-order valence-electron chi connectivity index (χ1n) is 9.65. The van der Waals surface area contributed by atoms with Crippen molar-refractivity contribution in [1.82, 2.24) is 29.4 Å². The molecule has 144 valence electrons. The van der Waals surface area contributed by atoms with Crippen LogP contribution in [0.4, 0.5) is 0 Å². The molecule has 2 aromatic rings. The number of aromatic nitrogens is 4. The van der Waals surface area contributed by atoms with Crippen LogP contribution in [0.2, 0.25) is 0 Å². The van der Waals surface area contributed by atoms with Crippen molar-refractivity contribution >= 4 is 0 Å². The molecule has 0 amide bonds. The Kier molecular flexibility index (Phi) is 5.53. The largest absolute Gasteiger partial charge is 0.302 e. The number of nitrogens with zero attached hydrogens (tertiary/aromatic N) is 6. The fraction of sp³-hybridized carbons (Fsp3) is 0.700. The number of rotatable bonds is 5. The summed E-state index contributed by atoms with van der Waals surface area (Å²) in [5.41, 5.74) is 2.66. The molecule has 6 heteroatoms. The van der Waals surface area contributed by atoms with Gasteiger partial charge in [-0.15, -0.1) is 0 Å². The Morgan fingerprint density at radius 1 is 1.15 bits per heavy atom. The van der Waals surface area contributed by atoms with Gasteiger partial charge in [-0.05, 0) is 60.2 Å². The van der Waals surface area contributed by atoms with Crippen molar-refractivity contribution in [1.29, 1.82) is 0 Å². The summed E-state index contributed by atoms with van der Waals surface area (Å²) in [5.74, 6) is 0.626. The quantitative estimate of drug-likeness (QED) is 0.824. The third kappa shape index (κ3) is 4.35. The summed E-state index contributed by atoms with van der Waals surface area (Å²) in [6, 6.07) is 0.456. The minimum absolute atomic E-state index is 0.0360. The SMILES string of the molecule is CN(Cc1cnn(C(C)(C)C)c1)C[C@@H]1CCCN(C)[C@H]1c1cnn(C)c1. The normalized spacial score (nSPS) is 22.3. The summed E-state index contributed by atoms with van der Waals surface area (Å²) in [6.45, 7) is 9.75. The zero-order valence-electron chi connectivity index (χ0n) is 17.2. The van der Waals surface area contributed by atoms with Crippen molar-refractivity contribution in [3.05, 3.63) is 35.9 Å². The van der Waals surface area contributed by atoms with Gasteiger partial charge in [-0.25, -0.2) is 0 Å². The van der Waals surface area contributed by atoms with Gasteiger partial charge in [0.25, 0.3) is 0 Å². The van der Waals surface area contributed by atoms with Crippen LogP contribution in [0, 0.1) is 5.92 Å². The molecule has 1 saturated heterocycles. The minimum Gasteiger partial charge on any atom is -0.302 e. The molecule has 1 aliphatic heterocycles. The van der Waals surface area contributed by atoms with Gasteiger partial charge in [0, 0.05) is 49.7 Å². The summed E-state index contributed by atoms with van der Waals surface area (Å²) in [7, 11) is 6.47. The van der Waals surface area contributed by atoms with E-state index in [1.807, 2.05) is 24.1 Å². The monoisotopic (exact) mass is 358 g/mol. The Hall–Kier alpha value is -1.66. The van der Waals surface area contributed by atoms with Crippen LogP contribution >= 0.6 is 0 Å². The first kappa shape index (κ1) is 19.1. The van der Waals surface area contributed by atoms with E-state index < -0.39 is 0 Å². The Balaban J connectivity index is 1.66. The molecule has 0 radical (unpaired) electrons. The zero-order valence-corrected chi connectivity index (χ0v) is 17.2. The van der Waals surface area contributed by atoms with Gasteiger partial charge in [-0.3, -0.25) is 14.3 Å². The zero-order chi connectivity index (χ0) is 18.9. The maximum absolute atomic E-state index is 4.54. The van der Waals surface area contributed by atoms with E-state index in [0.29, 0.717) is 12.0 Å². The Labute approximate surface area is 157 Å². The van der Waals surface area contributed by atoms with Crippen molar-refractivity contribution in [2.75, 3.05) is 27.2 Å². The molecule has 1 fully saturated rings. The van der Waals surface area contributed by atoms with Crippen LogP contribution in [0.5, 0.6) is 0 Å². The van der Waals surface area contributed by atoms with Crippen LogP contribution in [0.25, 0.3) is 0 Å². The highest BCUT2D eigenvalue weighted by Crippen LogP contribution is 2.35. The molecule has 0 unspecified atom stereocenters. The summed E-state index contributed by atoms with van der Waals surface area (Å²) in [4.78, 5) is 4.94. The predicted octanol–water partition coefficient (Wildman–Crippen LogP) is 2.89. The first-order chi connectivity index (χ1) is 12.2. The Morgan fingerprint density at radius 2 is 1.92 bits per heavy atom. The van der Waals surface area contributed by atoms with Crippen LogP contribution in [0.3, 0.4) is 0 Å². The average molecular weight is 359 g/mol. The molecular formula is C20H34N6. The lowest BCUT2D eigenvalue weighted by Gasteiger charge is -2.40. The number of hydrogen-bond acceptors (Lipinski definition) is 4. The molecule has 0 saturated carbocycles. The third-order valence-corrected chi connectivity index (χ3v) is 5.40. The van der Waals surface area contributed by atoms with E-state index in [2.05, 4.69) is 71.9 Å². The highest BCUT2D eigenvalue weighted by atomic mass is 15.3. The molecule has 3 rings (SSSR count). The Bertz CT molecular complexity index is 710. The van der Waals surface area contributed by atoms with Crippen LogP contribution in [0.1, 0.15) is 50.8 Å². The minimum atomic E-state index is 0.0360. The topological polar surface area (TPSA) is 42.1 Å². The highest BCUT2D eigenvalue weighted by molar-refractivity contribution is 5.13. The van der Waals surface area contributed by atoms with Gasteiger partial charge in [0.15, 0.2) is 0 Å². The fourth-order valence-corrected chi connectivity index (χ4v) is 4.16. The summed E-state index contributed by atoms with van der Waals surface area (Å²) in [6.07, 6.45) is 10.9. The van der Waals surface area contributed by atoms with Gasteiger partial charge >= 0.3 is 0 Å². The number of aryl methyl sites for hydroxylation is 1. The molecular weight excluding hydrogens is 324 g/mol. The summed E-state index contributed by atoms with van der Waals surface area (Å²) < 4.78 is 3.97. The van der Waals surface area contributed by atoms with Crippen molar-refractivity contribution < 1.29 is 0 Å². The van der Waals surface area contributed by atoms with E-state index in [0.717, 1.165) is 19.6 Å². The van der Waals surface area contributed by atoms with E-state index in [1.54, 1.807) is 0 Å². The molecule has 0 aromatic carbocycles. The molecule has 0 spiro atoms. The van der Waals surface area contributed by atoms with Gasteiger partial charge in [0.2, 0.25) is 0 Å². The number of hydrogen-bond donors (Lipinski definition) is 0. The number of likely N-dealkylation sites (tertiary alicyclic amines) is 1. The van der Waals surface area contributed by atoms with Gasteiger partial charge < -0.3 is 4.90 Å². The summed E-state index contributed by atoms with van der Waals surface area (Å²) in [5, 5.41) is 8.93. The Morgan fingerprint density at radius 3 is 2.54 bits per heavy atom. The van der Waals surface area contributed by atoms with Crippen molar-refractivity contribution in [3.63, 3.8) is 0 Å². The van der Waals surface area contributed by atoms with Crippen LogP contribution in [-0.4, -0.2) is 56.5 Å². The van der Waals surface area contributed by atoms with Crippen molar-refractivity contribution in [2.24, 2.45) is 13.0 Å². The maximum atomic E-state index is 4.54. The predicted molar refractivity (Wildman–Crippen MR) is 105 cm³/mol. The fourth-order valence-electron chi connectivity index (χ4n) is 4.16. The third-order valence-electron chi connectivity index (χ3n) is 5.40. The second-order valence-electron chi connectivity index (χ2n) is 8.94. The molecule has 3 heterocycles. The van der Waals surface area contributed by atoms with E-state index >= 15 is 0 Å². The lowest BCUT2D eigenvalue weighted by Crippen LogP contribution is -2.40. The highest BCUT2D eigenvalue weighted by Gasteiger charge is 2.32. The molecule has 2 atom stereocenters. The number of piperidine rings is 1. The molecule has 2 aromatic heterocycles. The molecule has 0 N–H and O–H groups in total. The standard InChI is InChI=1S/C20H34N6/c1-20(2,3)26-13-16(10-22-26)12-23(4)14-17-8-7-9-24(5)19(17)18-11-21-25(6)15-18/h10-11,13,15,17,19H,7-9,12,14H2,1-6H3/t17-,19+/m0/s1. The lowest BCUT2D eigenvalue weighted by atomic mass is 9.85. The van der Waals surface area contributed by atoms with Gasteiger partial charge in [-0.1, -0.05) is 0 Å². The summed E-state index contributed by atoms with van der Waals surface area (Å²) >= 11 is 0. The van der Waals surface area contributed by atoms with Gasteiger partial charge in [0.1, 0.15) is 0 Å². The second kappa shape index (κ2) is 7.53. The molecule has 1 aliphatic rings. The van der Waals surface area contributed by atoms with Crippen molar-refractivity contribution in [2.45, 2.75) is 51.7 Å². The molecule has 0 bridgehead atoms.